The Morgan fingerprint density at radius 3 is 2.36 bits per heavy atom. The molecule has 25 heavy (non-hydrogen) atoms. The fraction of sp³-hybridized carbons (Fsp3) is 0.167. The van der Waals surface area contributed by atoms with Gasteiger partial charge in [-0.05, 0) is 61.4 Å². The number of anilines is 1. The molecule has 1 N–H and O–H groups in total. The molecule has 0 saturated heterocycles. The number of imidazole rings is 1. The van der Waals surface area contributed by atoms with E-state index in [9.17, 15) is 8.42 Å². The van der Waals surface area contributed by atoms with E-state index in [2.05, 4.69) is 9.71 Å². The second-order valence-corrected chi connectivity index (χ2v) is 8.52. The summed E-state index contributed by atoms with van der Waals surface area (Å²) >= 11 is 1.52. The van der Waals surface area contributed by atoms with E-state index in [1.165, 1.54) is 11.8 Å². The average molecular weight is 374 g/mol. The molecular formula is C18H19N3O2S2. The van der Waals surface area contributed by atoms with Gasteiger partial charge >= 0.3 is 0 Å². The van der Waals surface area contributed by atoms with Gasteiger partial charge < -0.3 is 4.57 Å². The van der Waals surface area contributed by atoms with Crippen molar-refractivity contribution in [1.82, 2.24) is 9.55 Å². The maximum atomic E-state index is 12.5. The van der Waals surface area contributed by atoms with Crippen molar-refractivity contribution in [1.29, 1.82) is 0 Å². The molecular weight excluding hydrogens is 354 g/mol. The molecule has 0 radical (unpaired) electrons. The highest BCUT2D eigenvalue weighted by molar-refractivity contribution is 7.99. The molecule has 0 atom stereocenters. The highest BCUT2D eigenvalue weighted by Crippen LogP contribution is 2.27. The molecule has 0 saturated carbocycles. The Morgan fingerprint density at radius 2 is 1.76 bits per heavy atom. The van der Waals surface area contributed by atoms with Crippen molar-refractivity contribution < 1.29 is 8.42 Å². The molecule has 0 aliphatic carbocycles. The van der Waals surface area contributed by atoms with Crippen LogP contribution in [0.2, 0.25) is 0 Å². The average Bonchev–Trinajstić information content (AvgIpc) is 2.96. The second kappa shape index (κ2) is 6.93. The molecule has 5 nitrogen and oxygen atoms in total. The van der Waals surface area contributed by atoms with Gasteiger partial charge in [0.1, 0.15) is 0 Å². The normalized spacial score (nSPS) is 11.5. The third-order valence-corrected chi connectivity index (χ3v) is 6.34. The van der Waals surface area contributed by atoms with Crippen LogP contribution >= 0.6 is 11.8 Å². The summed E-state index contributed by atoms with van der Waals surface area (Å²) in [4.78, 5) is 5.52. The molecule has 3 aromatic rings. The Labute approximate surface area is 152 Å². The van der Waals surface area contributed by atoms with Crippen LogP contribution in [0, 0.1) is 13.8 Å². The highest BCUT2D eigenvalue weighted by atomic mass is 32.2. The maximum absolute atomic E-state index is 12.5. The molecule has 0 aliphatic rings. The molecule has 0 amide bonds. The number of nitrogens with one attached hydrogen (secondary N) is 1. The molecule has 1 heterocycles. The van der Waals surface area contributed by atoms with Crippen molar-refractivity contribution >= 4 is 27.5 Å². The van der Waals surface area contributed by atoms with Gasteiger partial charge in [-0.3, -0.25) is 4.72 Å². The van der Waals surface area contributed by atoms with Gasteiger partial charge in [-0.1, -0.05) is 17.8 Å². The summed E-state index contributed by atoms with van der Waals surface area (Å²) in [6, 6.07) is 12.4. The SMILES string of the molecule is Cc1ccc(S(=O)(=O)Nc2ccc(Sc3nccn3C)cc2)cc1C. The van der Waals surface area contributed by atoms with Crippen LogP contribution in [0.1, 0.15) is 11.1 Å². The van der Waals surface area contributed by atoms with Gasteiger partial charge in [0, 0.05) is 30.0 Å². The Kier molecular flexibility index (Phi) is 4.87. The lowest BCUT2D eigenvalue weighted by Gasteiger charge is -2.10. The first-order valence-corrected chi connectivity index (χ1v) is 10.0. The van der Waals surface area contributed by atoms with Gasteiger partial charge in [0.15, 0.2) is 5.16 Å². The molecule has 0 unspecified atom stereocenters. The monoisotopic (exact) mass is 373 g/mol. The van der Waals surface area contributed by atoms with E-state index >= 15 is 0 Å². The summed E-state index contributed by atoms with van der Waals surface area (Å²) in [5.41, 5.74) is 2.54. The fourth-order valence-corrected chi connectivity index (χ4v) is 4.19. The van der Waals surface area contributed by atoms with E-state index in [1.54, 1.807) is 30.5 Å². The number of aryl methyl sites for hydroxylation is 3. The predicted molar refractivity (Wildman–Crippen MR) is 100 cm³/mol. The van der Waals surface area contributed by atoms with Crippen LogP contribution in [-0.4, -0.2) is 18.0 Å². The Hall–Kier alpha value is -2.25. The van der Waals surface area contributed by atoms with Crippen LogP contribution in [0.4, 0.5) is 5.69 Å². The molecule has 0 fully saturated rings. The zero-order chi connectivity index (χ0) is 18.0. The van der Waals surface area contributed by atoms with E-state index < -0.39 is 10.0 Å². The molecule has 0 aliphatic heterocycles. The summed E-state index contributed by atoms with van der Waals surface area (Å²) < 4.78 is 29.6. The van der Waals surface area contributed by atoms with Crippen molar-refractivity contribution in [2.24, 2.45) is 7.05 Å². The number of benzene rings is 2. The predicted octanol–water partition coefficient (Wildman–Crippen LogP) is 3.99. The Morgan fingerprint density at radius 1 is 1.04 bits per heavy atom. The Balaban J connectivity index is 1.76. The first kappa shape index (κ1) is 17.6. The van der Waals surface area contributed by atoms with Crippen LogP contribution in [0.5, 0.6) is 0 Å². The van der Waals surface area contributed by atoms with E-state index in [4.69, 9.17) is 0 Å². The third-order valence-electron chi connectivity index (χ3n) is 3.88. The molecule has 0 bridgehead atoms. The standard InChI is InChI=1S/C18H19N3O2S2/c1-13-4-9-17(12-14(13)2)25(22,23)20-15-5-7-16(8-6-15)24-18-19-10-11-21(18)3/h4-12,20H,1-3H3. The zero-order valence-electron chi connectivity index (χ0n) is 14.2. The van der Waals surface area contributed by atoms with E-state index in [1.807, 2.05) is 49.9 Å². The van der Waals surface area contributed by atoms with Crippen molar-refractivity contribution in [3.05, 3.63) is 66.0 Å². The van der Waals surface area contributed by atoms with Crippen LogP contribution in [-0.2, 0) is 17.1 Å². The lowest BCUT2D eigenvalue weighted by molar-refractivity contribution is 0.601. The largest absolute Gasteiger partial charge is 0.329 e. The summed E-state index contributed by atoms with van der Waals surface area (Å²) in [5, 5.41) is 0.878. The molecule has 3 rings (SSSR count). The molecule has 0 spiro atoms. The van der Waals surface area contributed by atoms with E-state index in [0.717, 1.165) is 21.2 Å². The summed E-state index contributed by atoms with van der Waals surface area (Å²) in [5.74, 6) is 0. The quantitative estimate of drug-likeness (QED) is 0.734. The van der Waals surface area contributed by atoms with Crippen LogP contribution in [0.3, 0.4) is 0 Å². The third kappa shape index (κ3) is 4.05. The lowest BCUT2D eigenvalue weighted by atomic mass is 10.1. The fourth-order valence-electron chi connectivity index (χ4n) is 2.24. The van der Waals surface area contributed by atoms with Crippen molar-refractivity contribution in [2.45, 2.75) is 28.8 Å². The number of sulfonamides is 1. The molecule has 2 aromatic carbocycles. The second-order valence-electron chi connectivity index (χ2n) is 5.80. The van der Waals surface area contributed by atoms with Gasteiger partial charge in [0.2, 0.25) is 0 Å². The number of rotatable bonds is 5. The van der Waals surface area contributed by atoms with Crippen LogP contribution in [0.25, 0.3) is 0 Å². The van der Waals surface area contributed by atoms with Crippen molar-refractivity contribution in [3.8, 4) is 0 Å². The van der Waals surface area contributed by atoms with Gasteiger partial charge in [-0.25, -0.2) is 13.4 Å². The first-order chi connectivity index (χ1) is 11.8. The highest BCUT2D eigenvalue weighted by Gasteiger charge is 2.15. The number of nitrogens with zero attached hydrogens (tertiary/aromatic N) is 2. The minimum Gasteiger partial charge on any atom is -0.329 e. The molecule has 1 aromatic heterocycles. The molecule has 7 heteroatoms. The summed E-state index contributed by atoms with van der Waals surface area (Å²) in [7, 11) is -1.66. The van der Waals surface area contributed by atoms with Gasteiger partial charge in [-0.2, -0.15) is 0 Å². The van der Waals surface area contributed by atoms with Crippen LogP contribution in [0.15, 0.2) is 69.8 Å². The van der Waals surface area contributed by atoms with Crippen LogP contribution < -0.4 is 4.72 Å². The van der Waals surface area contributed by atoms with Crippen molar-refractivity contribution in [3.63, 3.8) is 0 Å². The van der Waals surface area contributed by atoms with E-state index in [-0.39, 0.29) is 4.90 Å². The van der Waals surface area contributed by atoms with Crippen molar-refractivity contribution in [2.75, 3.05) is 4.72 Å². The summed E-state index contributed by atoms with van der Waals surface area (Å²) in [6.45, 7) is 3.86. The lowest BCUT2D eigenvalue weighted by Crippen LogP contribution is -2.13. The maximum Gasteiger partial charge on any atom is 0.261 e. The van der Waals surface area contributed by atoms with E-state index in [0.29, 0.717) is 5.69 Å². The van der Waals surface area contributed by atoms with Gasteiger partial charge in [0.05, 0.1) is 4.90 Å². The number of aromatic nitrogens is 2. The minimum absolute atomic E-state index is 0.266. The minimum atomic E-state index is -3.60. The first-order valence-electron chi connectivity index (χ1n) is 7.70. The number of hydrogen-bond donors (Lipinski definition) is 1. The van der Waals surface area contributed by atoms with Gasteiger partial charge in [-0.15, -0.1) is 0 Å². The molecule has 130 valence electrons. The van der Waals surface area contributed by atoms with Gasteiger partial charge in [0.25, 0.3) is 10.0 Å². The number of hydrogen-bond acceptors (Lipinski definition) is 4. The zero-order valence-corrected chi connectivity index (χ0v) is 15.9. The Bertz CT molecular complexity index is 993. The smallest absolute Gasteiger partial charge is 0.261 e. The topological polar surface area (TPSA) is 64.0 Å². The summed E-state index contributed by atoms with van der Waals surface area (Å²) in [6.07, 6.45) is 3.63.